The Morgan fingerprint density at radius 1 is 1.50 bits per heavy atom. The third kappa shape index (κ3) is 3.08. The van der Waals surface area contributed by atoms with Crippen LogP contribution < -0.4 is 5.32 Å². The van der Waals surface area contributed by atoms with E-state index >= 15 is 0 Å². The standard InChI is InChI=1S/C13H25N3/c1-11(2)13(3,10-14-4)8-6-12-7-9-15-16(12)5/h7,9,11,14H,6,8,10H2,1-5H3. The molecule has 3 nitrogen and oxygen atoms in total. The van der Waals surface area contributed by atoms with Crippen LogP contribution in [0, 0.1) is 11.3 Å². The summed E-state index contributed by atoms with van der Waals surface area (Å²) in [5.41, 5.74) is 1.68. The van der Waals surface area contributed by atoms with Gasteiger partial charge in [-0.15, -0.1) is 0 Å². The van der Waals surface area contributed by atoms with Crippen LogP contribution >= 0.6 is 0 Å². The Bertz CT molecular complexity index is 317. The van der Waals surface area contributed by atoms with E-state index in [4.69, 9.17) is 0 Å². The molecule has 1 unspecified atom stereocenters. The van der Waals surface area contributed by atoms with Crippen molar-refractivity contribution in [1.82, 2.24) is 15.1 Å². The number of nitrogens with zero attached hydrogens (tertiary/aromatic N) is 2. The van der Waals surface area contributed by atoms with Gasteiger partial charge in [0.25, 0.3) is 0 Å². The van der Waals surface area contributed by atoms with E-state index in [1.165, 1.54) is 12.1 Å². The zero-order valence-electron chi connectivity index (χ0n) is 11.2. The van der Waals surface area contributed by atoms with E-state index in [-0.39, 0.29) is 0 Å². The maximum Gasteiger partial charge on any atom is 0.0492 e. The van der Waals surface area contributed by atoms with Crippen molar-refractivity contribution in [3.05, 3.63) is 18.0 Å². The minimum Gasteiger partial charge on any atom is -0.319 e. The van der Waals surface area contributed by atoms with Crippen LogP contribution in [0.1, 0.15) is 32.9 Å². The fourth-order valence-electron chi connectivity index (χ4n) is 2.05. The third-order valence-electron chi connectivity index (χ3n) is 3.85. The van der Waals surface area contributed by atoms with E-state index in [2.05, 4.69) is 37.3 Å². The first kappa shape index (κ1) is 13.2. The van der Waals surface area contributed by atoms with Gasteiger partial charge in [0.15, 0.2) is 0 Å². The molecule has 1 aromatic heterocycles. The average molecular weight is 223 g/mol. The molecule has 1 heterocycles. The molecule has 0 aromatic carbocycles. The van der Waals surface area contributed by atoms with E-state index < -0.39 is 0 Å². The number of aromatic nitrogens is 2. The summed E-state index contributed by atoms with van der Waals surface area (Å²) in [6.07, 6.45) is 4.18. The van der Waals surface area contributed by atoms with Gasteiger partial charge in [0.05, 0.1) is 0 Å². The highest BCUT2D eigenvalue weighted by Crippen LogP contribution is 2.31. The zero-order chi connectivity index (χ0) is 12.2. The lowest BCUT2D eigenvalue weighted by Gasteiger charge is -2.33. The van der Waals surface area contributed by atoms with E-state index in [0.717, 1.165) is 13.0 Å². The van der Waals surface area contributed by atoms with Gasteiger partial charge in [-0.25, -0.2) is 0 Å². The van der Waals surface area contributed by atoms with Crippen molar-refractivity contribution in [3.8, 4) is 0 Å². The number of rotatable bonds is 6. The highest BCUT2D eigenvalue weighted by Gasteiger charge is 2.27. The van der Waals surface area contributed by atoms with Gasteiger partial charge in [-0.2, -0.15) is 5.10 Å². The molecule has 0 saturated heterocycles. The summed E-state index contributed by atoms with van der Waals surface area (Å²) in [6.45, 7) is 8.05. The van der Waals surface area contributed by atoms with Crippen molar-refractivity contribution in [2.75, 3.05) is 13.6 Å². The molecule has 0 bridgehead atoms. The predicted molar refractivity (Wildman–Crippen MR) is 68.4 cm³/mol. The van der Waals surface area contributed by atoms with Gasteiger partial charge in [0.1, 0.15) is 0 Å². The Morgan fingerprint density at radius 3 is 2.62 bits per heavy atom. The smallest absolute Gasteiger partial charge is 0.0492 e. The first-order valence-corrected chi connectivity index (χ1v) is 6.11. The van der Waals surface area contributed by atoms with Gasteiger partial charge in [0.2, 0.25) is 0 Å². The Balaban J connectivity index is 2.60. The molecule has 0 spiro atoms. The van der Waals surface area contributed by atoms with E-state index in [1.807, 2.05) is 25.0 Å². The second kappa shape index (κ2) is 5.48. The second-order valence-electron chi connectivity index (χ2n) is 5.29. The number of nitrogens with one attached hydrogen (secondary N) is 1. The summed E-state index contributed by atoms with van der Waals surface area (Å²) in [7, 11) is 4.05. The quantitative estimate of drug-likeness (QED) is 0.801. The summed E-state index contributed by atoms with van der Waals surface area (Å²) in [5, 5.41) is 7.52. The lowest BCUT2D eigenvalue weighted by atomic mass is 9.75. The summed E-state index contributed by atoms with van der Waals surface area (Å²) in [6, 6.07) is 2.11. The molecule has 1 atom stereocenters. The Labute approximate surface area is 99.2 Å². The van der Waals surface area contributed by atoms with Crippen molar-refractivity contribution < 1.29 is 0 Å². The molecule has 1 rings (SSSR count). The fourth-order valence-corrected chi connectivity index (χ4v) is 2.05. The molecule has 92 valence electrons. The lowest BCUT2D eigenvalue weighted by Crippen LogP contribution is -2.35. The molecule has 0 aliphatic rings. The summed E-state index contributed by atoms with van der Waals surface area (Å²) in [5.74, 6) is 0.688. The van der Waals surface area contributed by atoms with Crippen molar-refractivity contribution in [3.63, 3.8) is 0 Å². The first-order chi connectivity index (χ1) is 7.49. The van der Waals surface area contributed by atoms with E-state index in [9.17, 15) is 0 Å². The number of aryl methyl sites for hydroxylation is 2. The number of hydrogen-bond acceptors (Lipinski definition) is 2. The second-order valence-corrected chi connectivity index (χ2v) is 5.29. The van der Waals surface area contributed by atoms with Crippen LogP contribution in [0.25, 0.3) is 0 Å². The third-order valence-corrected chi connectivity index (χ3v) is 3.85. The van der Waals surface area contributed by atoms with E-state index in [1.54, 1.807) is 0 Å². The van der Waals surface area contributed by atoms with Crippen LogP contribution in [-0.2, 0) is 13.5 Å². The first-order valence-electron chi connectivity index (χ1n) is 6.11. The molecular weight excluding hydrogens is 198 g/mol. The normalized spacial score (nSPS) is 15.4. The zero-order valence-corrected chi connectivity index (χ0v) is 11.2. The number of hydrogen-bond donors (Lipinski definition) is 1. The maximum absolute atomic E-state index is 4.21. The van der Waals surface area contributed by atoms with Crippen LogP contribution in [0.2, 0.25) is 0 Å². The molecule has 0 saturated carbocycles. The minimum atomic E-state index is 0.360. The fraction of sp³-hybridized carbons (Fsp3) is 0.769. The predicted octanol–water partition coefficient (Wildman–Crippen LogP) is 2.23. The monoisotopic (exact) mass is 223 g/mol. The molecule has 0 radical (unpaired) electrons. The van der Waals surface area contributed by atoms with Crippen LogP contribution in [0.15, 0.2) is 12.3 Å². The van der Waals surface area contributed by atoms with Crippen molar-refractivity contribution in [2.45, 2.75) is 33.6 Å². The summed E-state index contributed by atoms with van der Waals surface area (Å²) < 4.78 is 1.97. The minimum absolute atomic E-state index is 0.360. The Hall–Kier alpha value is -0.830. The summed E-state index contributed by atoms with van der Waals surface area (Å²) in [4.78, 5) is 0. The van der Waals surface area contributed by atoms with Gasteiger partial charge in [-0.1, -0.05) is 20.8 Å². The molecule has 16 heavy (non-hydrogen) atoms. The Kier molecular flexibility index (Phi) is 4.54. The molecule has 0 aliphatic carbocycles. The highest BCUT2D eigenvalue weighted by atomic mass is 15.2. The average Bonchev–Trinajstić information content (AvgIpc) is 2.61. The van der Waals surface area contributed by atoms with Crippen LogP contribution in [0.4, 0.5) is 0 Å². The molecule has 0 fully saturated rings. The van der Waals surface area contributed by atoms with Gasteiger partial charge in [-0.3, -0.25) is 4.68 Å². The maximum atomic E-state index is 4.21. The molecule has 1 N–H and O–H groups in total. The van der Waals surface area contributed by atoms with E-state index in [0.29, 0.717) is 11.3 Å². The van der Waals surface area contributed by atoms with Crippen LogP contribution in [-0.4, -0.2) is 23.4 Å². The van der Waals surface area contributed by atoms with Gasteiger partial charge >= 0.3 is 0 Å². The van der Waals surface area contributed by atoms with Gasteiger partial charge < -0.3 is 5.32 Å². The van der Waals surface area contributed by atoms with Gasteiger partial charge in [0, 0.05) is 25.5 Å². The van der Waals surface area contributed by atoms with Gasteiger partial charge in [-0.05, 0) is 37.3 Å². The van der Waals surface area contributed by atoms with Crippen molar-refractivity contribution in [2.24, 2.45) is 18.4 Å². The van der Waals surface area contributed by atoms with Crippen molar-refractivity contribution in [1.29, 1.82) is 0 Å². The molecule has 1 aromatic rings. The largest absolute Gasteiger partial charge is 0.319 e. The van der Waals surface area contributed by atoms with Crippen LogP contribution in [0.3, 0.4) is 0 Å². The van der Waals surface area contributed by atoms with Crippen molar-refractivity contribution >= 4 is 0 Å². The topological polar surface area (TPSA) is 29.9 Å². The summed E-state index contributed by atoms with van der Waals surface area (Å²) >= 11 is 0. The van der Waals surface area contributed by atoms with Crippen LogP contribution in [0.5, 0.6) is 0 Å². The molecule has 0 amide bonds. The highest BCUT2D eigenvalue weighted by molar-refractivity contribution is 5.01. The molecular formula is C13H25N3. The SMILES string of the molecule is CNCC(C)(CCc1ccnn1C)C(C)C. The molecule has 0 aliphatic heterocycles. The molecule has 3 heteroatoms. The Morgan fingerprint density at radius 2 is 2.19 bits per heavy atom. The lowest BCUT2D eigenvalue weighted by molar-refractivity contribution is 0.195.